The quantitative estimate of drug-likeness (QED) is 0.275. The Balaban J connectivity index is 1.65. The summed E-state index contributed by atoms with van der Waals surface area (Å²) in [6, 6.07) is 10.1. The highest BCUT2D eigenvalue weighted by molar-refractivity contribution is 7.14. The minimum absolute atomic E-state index is 0.119. The van der Waals surface area contributed by atoms with Crippen molar-refractivity contribution in [3.8, 4) is 6.07 Å². The molecular weight excluding hydrogens is 510 g/mol. The van der Waals surface area contributed by atoms with Gasteiger partial charge in [0.1, 0.15) is 11.6 Å². The van der Waals surface area contributed by atoms with Gasteiger partial charge in [0.15, 0.2) is 0 Å². The Bertz CT molecular complexity index is 1390. The number of alkyl halides is 2. The molecule has 1 fully saturated rings. The number of nitriles is 1. The molecule has 8 nitrogen and oxygen atoms in total. The molecule has 0 radical (unpaired) electrons. The predicted octanol–water partition coefficient (Wildman–Crippen LogP) is 5.10. The smallest absolute Gasteiger partial charge is 0.272 e. The fraction of sp³-hybridized carbons (Fsp3) is 0.407. The van der Waals surface area contributed by atoms with Crippen molar-refractivity contribution in [2.75, 3.05) is 18.4 Å². The summed E-state index contributed by atoms with van der Waals surface area (Å²) in [6.07, 6.45) is -1.15. The third-order valence-corrected chi connectivity index (χ3v) is 7.50. The number of carbonyl (C=O) groups is 2. The Kier molecular flexibility index (Phi) is 8.54. The first kappa shape index (κ1) is 27.4. The number of likely N-dealkylation sites (tertiary alicyclic amines) is 1. The van der Waals surface area contributed by atoms with Gasteiger partial charge in [-0.2, -0.15) is 5.26 Å². The summed E-state index contributed by atoms with van der Waals surface area (Å²) in [7, 11) is 0. The second-order valence-electron chi connectivity index (χ2n) is 9.74. The molecule has 1 aliphatic heterocycles. The van der Waals surface area contributed by atoms with E-state index in [2.05, 4.69) is 36.0 Å². The lowest BCUT2D eigenvalue weighted by atomic mass is 10.1. The minimum Gasteiger partial charge on any atom is -0.333 e. The molecule has 0 aliphatic carbocycles. The van der Waals surface area contributed by atoms with Crippen LogP contribution in [0.2, 0.25) is 0 Å². The summed E-state index contributed by atoms with van der Waals surface area (Å²) in [5.41, 5.74) is 2.35. The molecule has 11 heteroatoms. The van der Waals surface area contributed by atoms with Crippen LogP contribution in [0.4, 0.5) is 14.7 Å². The van der Waals surface area contributed by atoms with Gasteiger partial charge in [0, 0.05) is 19.6 Å². The second-order valence-corrected chi connectivity index (χ2v) is 10.9. The molecule has 1 aromatic carbocycles. The number of hydrogen-bond acceptors (Lipinski definition) is 6. The van der Waals surface area contributed by atoms with Crippen LogP contribution in [0.5, 0.6) is 0 Å². The molecule has 0 spiro atoms. The number of aromatic nitrogens is 2. The number of benzene rings is 1. The number of nitrogens with zero attached hydrogens (tertiary/aromatic N) is 4. The third kappa shape index (κ3) is 6.09. The van der Waals surface area contributed by atoms with Gasteiger partial charge in [-0.25, -0.2) is 13.8 Å². The van der Waals surface area contributed by atoms with E-state index in [0.29, 0.717) is 31.1 Å². The van der Waals surface area contributed by atoms with E-state index < -0.39 is 18.2 Å². The molecule has 4 rings (SSSR count). The van der Waals surface area contributed by atoms with Gasteiger partial charge in [0.05, 0.1) is 26.8 Å². The number of rotatable bonds is 10. The number of anilines is 1. The maximum absolute atomic E-state index is 13.1. The molecule has 2 amide bonds. The van der Waals surface area contributed by atoms with Crippen molar-refractivity contribution in [1.82, 2.24) is 19.8 Å². The Morgan fingerprint density at radius 1 is 1.29 bits per heavy atom. The van der Waals surface area contributed by atoms with Gasteiger partial charge >= 0.3 is 0 Å². The second kappa shape index (κ2) is 11.8. The molecule has 0 bridgehead atoms. The summed E-state index contributed by atoms with van der Waals surface area (Å²) in [5.74, 6) is -0.157. The van der Waals surface area contributed by atoms with Crippen LogP contribution in [0.1, 0.15) is 53.2 Å². The van der Waals surface area contributed by atoms with E-state index in [9.17, 15) is 18.4 Å². The monoisotopic (exact) mass is 540 g/mol. The number of imidazole rings is 1. The van der Waals surface area contributed by atoms with E-state index in [1.165, 1.54) is 12.1 Å². The average molecular weight is 541 g/mol. The van der Waals surface area contributed by atoms with Crippen LogP contribution in [0.3, 0.4) is 0 Å². The zero-order valence-corrected chi connectivity index (χ0v) is 22.2. The van der Waals surface area contributed by atoms with E-state index >= 15 is 0 Å². The number of hydrogen-bond donors (Lipinski definition) is 2. The van der Waals surface area contributed by atoms with Gasteiger partial charge in [-0.05, 0) is 55.1 Å². The highest BCUT2D eigenvalue weighted by Gasteiger charge is 2.31. The molecule has 200 valence electrons. The van der Waals surface area contributed by atoms with Crippen LogP contribution < -0.4 is 10.6 Å². The van der Waals surface area contributed by atoms with Crippen LogP contribution in [0.15, 0.2) is 42.5 Å². The highest BCUT2D eigenvalue weighted by atomic mass is 32.1. The molecule has 1 aliphatic rings. The molecule has 0 saturated carbocycles. The largest absolute Gasteiger partial charge is 0.333 e. The first-order chi connectivity index (χ1) is 18.2. The van der Waals surface area contributed by atoms with E-state index in [0.717, 1.165) is 41.8 Å². The topological polar surface area (TPSA) is 103 Å². The van der Waals surface area contributed by atoms with Gasteiger partial charge < -0.3 is 14.8 Å². The lowest BCUT2D eigenvalue weighted by molar-refractivity contribution is -0.127. The maximum atomic E-state index is 13.1. The average Bonchev–Trinajstić information content (AvgIpc) is 3.62. The van der Waals surface area contributed by atoms with Crippen molar-refractivity contribution in [2.24, 2.45) is 5.92 Å². The number of halogens is 2. The Morgan fingerprint density at radius 2 is 2.08 bits per heavy atom. The lowest BCUT2D eigenvalue weighted by Crippen LogP contribution is -2.38. The standard InChI is InChI=1S/C27H30F2N6O2S/c1-16(2)13-31-14-18-6-7-21-20(11-18)32-27(33-25(36)23-9-8-22(38-23)24(28)29)35(21)15-19-5-4-10-34(19)26(37)17(3)12-30/h6-9,11,16,19,24,31H,3-5,10,13-15H2,1-2H3,(H,32,33,36)/t19-/m1/s1. The third-order valence-electron chi connectivity index (χ3n) is 6.41. The zero-order valence-electron chi connectivity index (χ0n) is 21.3. The van der Waals surface area contributed by atoms with E-state index in [1.54, 1.807) is 4.90 Å². The van der Waals surface area contributed by atoms with E-state index in [1.807, 2.05) is 28.8 Å². The molecular formula is C27H30F2N6O2S. The number of carbonyl (C=O) groups excluding carboxylic acids is 2. The summed E-state index contributed by atoms with van der Waals surface area (Å²) in [6.45, 7) is 10.2. The van der Waals surface area contributed by atoms with Gasteiger partial charge in [0.2, 0.25) is 5.95 Å². The number of thiophene rings is 1. The highest BCUT2D eigenvalue weighted by Crippen LogP contribution is 2.29. The van der Waals surface area contributed by atoms with E-state index in [-0.39, 0.29) is 27.3 Å². The normalized spacial score (nSPS) is 15.4. The van der Waals surface area contributed by atoms with Gasteiger partial charge in [-0.15, -0.1) is 11.3 Å². The molecule has 3 aromatic rings. The van der Waals surface area contributed by atoms with Crippen molar-refractivity contribution < 1.29 is 18.4 Å². The van der Waals surface area contributed by atoms with Gasteiger partial charge in [0.25, 0.3) is 18.2 Å². The van der Waals surface area contributed by atoms with Crippen molar-refractivity contribution in [2.45, 2.75) is 52.2 Å². The molecule has 2 aromatic heterocycles. The Hall–Kier alpha value is -3.62. The van der Waals surface area contributed by atoms with Crippen LogP contribution in [-0.2, 0) is 17.9 Å². The van der Waals surface area contributed by atoms with Crippen LogP contribution >= 0.6 is 11.3 Å². The Morgan fingerprint density at radius 3 is 2.76 bits per heavy atom. The van der Waals surface area contributed by atoms with Crippen molar-refractivity contribution in [3.05, 3.63) is 57.8 Å². The first-order valence-corrected chi connectivity index (χ1v) is 13.3. The number of nitrogens with one attached hydrogen (secondary N) is 2. The van der Waals surface area contributed by atoms with Crippen molar-refractivity contribution in [3.63, 3.8) is 0 Å². The number of fused-ring (bicyclic) bond motifs is 1. The first-order valence-electron chi connectivity index (χ1n) is 12.5. The Labute approximate surface area is 223 Å². The fourth-order valence-electron chi connectivity index (χ4n) is 4.55. The molecule has 2 N–H and O–H groups in total. The SMILES string of the molecule is C=C(C#N)C(=O)N1CCC[C@@H]1Cn1c(NC(=O)c2ccc(C(F)F)s2)nc2cc(CNCC(C)C)ccc21. The van der Waals surface area contributed by atoms with Gasteiger partial charge in [-0.1, -0.05) is 26.5 Å². The van der Waals surface area contributed by atoms with E-state index in [4.69, 9.17) is 5.26 Å². The summed E-state index contributed by atoms with van der Waals surface area (Å²) < 4.78 is 27.9. The number of amides is 2. The molecule has 1 saturated heterocycles. The summed E-state index contributed by atoms with van der Waals surface area (Å²) in [5, 5.41) is 15.3. The van der Waals surface area contributed by atoms with Crippen LogP contribution in [0, 0.1) is 17.2 Å². The van der Waals surface area contributed by atoms with Crippen molar-refractivity contribution >= 4 is 40.1 Å². The maximum Gasteiger partial charge on any atom is 0.272 e. The summed E-state index contributed by atoms with van der Waals surface area (Å²) in [4.78, 5) is 32.0. The predicted molar refractivity (Wildman–Crippen MR) is 143 cm³/mol. The van der Waals surface area contributed by atoms with Crippen LogP contribution in [0.25, 0.3) is 11.0 Å². The lowest BCUT2D eigenvalue weighted by Gasteiger charge is -2.25. The molecule has 0 unspecified atom stereocenters. The molecule has 3 heterocycles. The fourth-order valence-corrected chi connectivity index (χ4v) is 5.31. The molecule has 38 heavy (non-hydrogen) atoms. The zero-order chi connectivity index (χ0) is 27.4. The minimum atomic E-state index is -2.65. The van der Waals surface area contributed by atoms with Crippen LogP contribution in [-0.4, -0.2) is 45.4 Å². The van der Waals surface area contributed by atoms with Gasteiger partial charge in [-0.3, -0.25) is 14.9 Å². The summed E-state index contributed by atoms with van der Waals surface area (Å²) >= 11 is 0.737. The van der Waals surface area contributed by atoms with Crippen molar-refractivity contribution in [1.29, 1.82) is 5.26 Å². The molecule has 1 atom stereocenters.